The fourth-order valence-electron chi connectivity index (χ4n) is 1.57. The molecule has 0 saturated heterocycles. The van der Waals surface area contributed by atoms with Gasteiger partial charge in [-0.05, 0) is 24.3 Å². The van der Waals surface area contributed by atoms with E-state index in [2.05, 4.69) is 0 Å². The van der Waals surface area contributed by atoms with Crippen LogP contribution in [-0.4, -0.2) is 11.1 Å². The summed E-state index contributed by atoms with van der Waals surface area (Å²) in [5.74, 6) is -2.05. The summed E-state index contributed by atoms with van der Waals surface area (Å²) in [5.41, 5.74) is -0.162. The molecule has 0 heterocycles. The minimum Gasteiger partial charge on any atom is -0.478 e. The Hall–Kier alpha value is -2.58. The fraction of sp³-hybridized carbons (Fsp3) is 0. The van der Waals surface area contributed by atoms with Gasteiger partial charge < -0.3 is 9.84 Å². The van der Waals surface area contributed by atoms with Gasteiger partial charge >= 0.3 is 5.97 Å². The first-order valence-electron chi connectivity index (χ1n) is 5.42. The first-order chi connectivity index (χ1) is 9.52. The van der Waals surface area contributed by atoms with Crippen molar-refractivity contribution in [3.05, 3.63) is 58.4 Å². The Bertz CT molecular complexity index is 725. The number of aromatic carboxylic acids is 1. The molecule has 0 bridgehead atoms. The average Bonchev–Trinajstić information content (AvgIpc) is 2.38. The van der Waals surface area contributed by atoms with Crippen molar-refractivity contribution >= 4 is 17.6 Å². The van der Waals surface area contributed by atoms with Crippen LogP contribution in [0.4, 0.5) is 4.39 Å². The lowest BCUT2D eigenvalue weighted by Crippen LogP contribution is -2.01. The number of nitriles is 1. The number of halogens is 2. The van der Waals surface area contributed by atoms with Crippen molar-refractivity contribution < 1.29 is 19.0 Å². The molecule has 0 aromatic heterocycles. The molecule has 0 fully saturated rings. The van der Waals surface area contributed by atoms with Gasteiger partial charge in [-0.15, -0.1) is 0 Å². The number of hydrogen-bond donors (Lipinski definition) is 1. The lowest BCUT2D eigenvalue weighted by Gasteiger charge is -2.10. The molecule has 2 aromatic carbocycles. The van der Waals surface area contributed by atoms with E-state index in [-0.39, 0.29) is 27.6 Å². The highest BCUT2D eigenvalue weighted by Gasteiger charge is 2.15. The van der Waals surface area contributed by atoms with Crippen LogP contribution in [-0.2, 0) is 0 Å². The van der Waals surface area contributed by atoms with Gasteiger partial charge in [0.1, 0.15) is 34.5 Å². The number of hydrogen-bond acceptors (Lipinski definition) is 3. The van der Waals surface area contributed by atoms with Crippen LogP contribution in [0, 0.1) is 17.1 Å². The van der Waals surface area contributed by atoms with Gasteiger partial charge in [0.2, 0.25) is 0 Å². The molecule has 1 N–H and O–H groups in total. The van der Waals surface area contributed by atoms with E-state index in [0.717, 1.165) is 18.2 Å². The molecule has 0 atom stereocenters. The maximum atomic E-state index is 13.2. The van der Waals surface area contributed by atoms with E-state index in [1.807, 2.05) is 6.07 Å². The summed E-state index contributed by atoms with van der Waals surface area (Å²) in [5, 5.41) is 18.2. The van der Waals surface area contributed by atoms with Gasteiger partial charge in [-0.25, -0.2) is 9.18 Å². The summed E-state index contributed by atoms with van der Waals surface area (Å²) in [4.78, 5) is 11.1. The van der Waals surface area contributed by atoms with Gasteiger partial charge in [0, 0.05) is 6.07 Å². The van der Waals surface area contributed by atoms with Crippen LogP contribution in [0.1, 0.15) is 15.9 Å². The number of carboxylic acids is 1. The Morgan fingerprint density at radius 2 is 2.05 bits per heavy atom. The van der Waals surface area contributed by atoms with E-state index in [9.17, 15) is 9.18 Å². The second kappa shape index (κ2) is 5.59. The zero-order valence-corrected chi connectivity index (χ0v) is 10.7. The highest BCUT2D eigenvalue weighted by atomic mass is 35.5. The predicted molar refractivity (Wildman–Crippen MR) is 69.6 cm³/mol. The molecule has 0 aliphatic heterocycles. The smallest absolute Gasteiger partial charge is 0.339 e. The number of ether oxygens (including phenoxy) is 1. The highest BCUT2D eigenvalue weighted by molar-refractivity contribution is 6.31. The highest BCUT2D eigenvalue weighted by Crippen LogP contribution is 2.32. The van der Waals surface area contributed by atoms with Crippen molar-refractivity contribution in [2.45, 2.75) is 0 Å². The molecule has 6 heteroatoms. The van der Waals surface area contributed by atoms with E-state index in [0.29, 0.717) is 0 Å². The van der Waals surface area contributed by atoms with Crippen LogP contribution in [0.5, 0.6) is 11.5 Å². The number of carbonyl (C=O) groups is 1. The SMILES string of the molecule is N#Cc1c(Cl)cccc1Oc1cc(F)ccc1C(=O)O. The van der Waals surface area contributed by atoms with Crippen molar-refractivity contribution in [3.8, 4) is 17.6 Å². The Kier molecular flexibility index (Phi) is 3.87. The van der Waals surface area contributed by atoms with Gasteiger partial charge in [0.15, 0.2) is 0 Å². The molecule has 100 valence electrons. The van der Waals surface area contributed by atoms with Crippen molar-refractivity contribution in [2.24, 2.45) is 0 Å². The first kappa shape index (κ1) is 13.8. The average molecular weight is 292 g/mol. The number of nitrogens with zero attached hydrogens (tertiary/aromatic N) is 1. The third-order valence-electron chi connectivity index (χ3n) is 2.48. The monoisotopic (exact) mass is 291 g/mol. The predicted octanol–water partition coefficient (Wildman–Crippen LogP) is 3.84. The van der Waals surface area contributed by atoms with Crippen LogP contribution >= 0.6 is 11.6 Å². The summed E-state index contributed by atoms with van der Waals surface area (Å²) in [6.07, 6.45) is 0. The lowest BCUT2D eigenvalue weighted by atomic mass is 10.2. The van der Waals surface area contributed by atoms with E-state index in [1.165, 1.54) is 18.2 Å². The molecule has 0 unspecified atom stereocenters. The Morgan fingerprint density at radius 3 is 2.70 bits per heavy atom. The molecule has 0 aliphatic rings. The van der Waals surface area contributed by atoms with E-state index in [1.54, 1.807) is 0 Å². The van der Waals surface area contributed by atoms with Crippen molar-refractivity contribution in [3.63, 3.8) is 0 Å². The number of benzene rings is 2. The van der Waals surface area contributed by atoms with Gasteiger partial charge in [-0.1, -0.05) is 17.7 Å². The molecular formula is C14H7ClFNO3. The zero-order valence-electron chi connectivity index (χ0n) is 9.93. The summed E-state index contributed by atoms with van der Waals surface area (Å²) in [6, 6.07) is 9.37. The first-order valence-corrected chi connectivity index (χ1v) is 5.80. The quantitative estimate of drug-likeness (QED) is 0.932. The van der Waals surface area contributed by atoms with Crippen LogP contribution in [0.15, 0.2) is 36.4 Å². The molecule has 0 radical (unpaired) electrons. The van der Waals surface area contributed by atoms with Gasteiger partial charge in [0.25, 0.3) is 0 Å². The Labute approximate surface area is 118 Å². The normalized spacial score (nSPS) is 9.85. The molecule has 0 aliphatic carbocycles. The molecule has 4 nitrogen and oxygen atoms in total. The lowest BCUT2D eigenvalue weighted by molar-refractivity contribution is 0.0694. The van der Waals surface area contributed by atoms with Crippen molar-refractivity contribution in [1.29, 1.82) is 5.26 Å². The molecule has 0 spiro atoms. The van der Waals surface area contributed by atoms with Crippen molar-refractivity contribution in [2.75, 3.05) is 0 Å². The van der Waals surface area contributed by atoms with Gasteiger partial charge in [-0.3, -0.25) is 0 Å². The van der Waals surface area contributed by atoms with Gasteiger partial charge in [0.05, 0.1) is 5.02 Å². The maximum absolute atomic E-state index is 13.2. The van der Waals surface area contributed by atoms with Crippen LogP contribution in [0.2, 0.25) is 5.02 Å². The summed E-state index contributed by atoms with van der Waals surface area (Å²) < 4.78 is 18.5. The van der Waals surface area contributed by atoms with E-state index >= 15 is 0 Å². The van der Waals surface area contributed by atoms with E-state index in [4.69, 9.17) is 26.7 Å². The standard InChI is InChI=1S/C14H7ClFNO3/c15-11-2-1-3-12(10(11)7-17)20-13-6-8(16)4-5-9(13)14(18)19/h1-6H,(H,18,19). The van der Waals surface area contributed by atoms with Crippen LogP contribution in [0.25, 0.3) is 0 Å². The number of carboxylic acid groups (broad SMARTS) is 1. The minimum absolute atomic E-state index is 0.0507. The Morgan fingerprint density at radius 1 is 1.30 bits per heavy atom. The second-order valence-corrected chi connectivity index (χ2v) is 4.18. The molecular weight excluding hydrogens is 285 g/mol. The largest absolute Gasteiger partial charge is 0.478 e. The third kappa shape index (κ3) is 2.71. The fourth-order valence-corrected chi connectivity index (χ4v) is 1.78. The summed E-state index contributed by atoms with van der Waals surface area (Å²) in [7, 11) is 0. The molecule has 2 aromatic rings. The topological polar surface area (TPSA) is 70.3 Å². The van der Waals surface area contributed by atoms with Gasteiger partial charge in [-0.2, -0.15) is 5.26 Å². The Balaban J connectivity index is 2.51. The summed E-state index contributed by atoms with van der Waals surface area (Å²) in [6.45, 7) is 0. The van der Waals surface area contributed by atoms with E-state index < -0.39 is 11.8 Å². The molecule has 0 saturated carbocycles. The zero-order chi connectivity index (χ0) is 14.7. The molecule has 2 rings (SSSR count). The molecule has 0 amide bonds. The number of rotatable bonds is 3. The van der Waals surface area contributed by atoms with Crippen LogP contribution in [0.3, 0.4) is 0 Å². The third-order valence-corrected chi connectivity index (χ3v) is 2.80. The van der Waals surface area contributed by atoms with Crippen LogP contribution < -0.4 is 4.74 Å². The minimum atomic E-state index is -1.26. The molecule has 20 heavy (non-hydrogen) atoms. The van der Waals surface area contributed by atoms with Crippen molar-refractivity contribution in [1.82, 2.24) is 0 Å². The summed E-state index contributed by atoms with van der Waals surface area (Å²) >= 11 is 5.84. The second-order valence-electron chi connectivity index (χ2n) is 3.77. The maximum Gasteiger partial charge on any atom is 0.339 e.